The fourth-order valence-corrected chi connectivity index (χ4v) is 0.243. The molecule has 0 aromatic carbocycles. The van der Waals surface area contributed by atoms with E-state index in [1.54, 1.807) is 0 Å². The van der Waals surface area contributed by atoms with E-state index in [9.17, 15) is 4.79 Å². The second-order valence-electron chi connectivity index (χ2n) is 1.51. The van der Waals surface area contributed by atoms with Crippen molar-refractivity contribution in [2.24, 2.45) is 0 Å². The Balaban J connectivity index is 0. The van der Waals surface area contributed by atoms with Crippen LogP contribution in [0.25, 0.3) is 0 Å². The van der Waals surface area contributed by atoms with E-state index in [4.69, 9.17) is 5.41 Å². The van der Waals surface area contributed by atoms with E-state index < -0.39 is 5.97 Å². The van der Waals surface area contributed by atoms with E-state index >= 15 is 0 Å². The van der Waals surface area contributed by atoms with Gasteiger partial charge in [0.1, 0.15) is 12.3 Å². The van der Waals surface area contributed by atoms with Crippen LogP contribution in [-0.4, -0.2) is 47.8 Å². The Labute approximate surface area is 82.2 Å². The summed E-state index contributed by atoms with van der Waals surface area (Å²) in [6.07, 6.45) is 1.46. The molecule has 0 fully saturated rings. The van der Waals surface area contributed by atoms with Crippen molar-refractivity contribution in [2.45, 2.75) is 6.92 Å². The van der Waals surface area contributed by atoms with Crippen molar-refractivity contribution in [2.75, 3.05) is 6.61 Å². The average Bonchev–Trinajstić information content (AvgIpc) is 1.82. The molecule has 0 aromatic rings. The molecule has 1 N–H and O–H groups in total. The third-order valence-corrected chi connectivity index (χ3v) is 0.638. The van der Waals surface area contributed by atoms with Gasteiger partial charge in [0.15, 0.2) is 0 Å². The van der Waals surface area contributed by atoms with Crippen LogP contribution in [0.3, 0.4) is 0 Å². The van der Waals surface area contributed by atoms with Crippen molar-refractivity contribution in [3.8, 4) is 0 Å². The molecule has 4 heteroatoms. The molecular weight excluding hydrogens is 141 g/mol. The number of ether oxygens (including phenoxy) is 1. The SMILES string of the molecule is C=CCOC(=O)C(C)=N.[NaH]. The Kier molecular flexibility index (Phi) is 8.77. The molecule has 0 unspecified atom stereocenters. The summed E-state index contributed by atoms with van der Waals surface area (Å²) in [5.74, 6) is -0.588. The van der Waals surface area contributed by atoms with Crippen molar-refractivity contribution in [3.05, 3.63) is 12.7 Å². The monoisotopic (exact) mass is 151 g/mol. The molecule has 3 nitrogen and oxygen atoms in total. The zero-order chi connectivity index (χ0) is 7.28. The van der Waals surface area contributed by atoms with Crippen LogP contribution in [0.4, 0.5) is 0 Å². The van der Waals surface area contributed by atoms with Gasteiger partial charge in [0, 0.05) is 0 Å². The number of hydrogen-bond donors (Lipinski definition) is 1. The summed E-state index contributed by atoms with van der Waals surface area (Å²) in [6, 6.07) is 0. The summed E-state index contributed by atoms with van der Waals surface area (Å²) >= 11 is 0. The van der Waals surface area contributed by atoms with Gasteiger partial charge in [-0.2, -0.15) is 0 Å². The summed E-state index contributed by atoms with van der Waals surface area (Å²) in [7, 11) is 0. The fraction of sp³-hybridized carbons (Fsp3) is 0.333. The Hall–Kier alpha value is -0.120. The van der Waals surface area contributed by atoms with E-state index in [1.165, 1.54) is 13.0 Å². The molecule has 0 bridgehead atoms. The first-order valence-corrected chi connectivity index (χ1v) is 2.51. The number of carbonyl (C=O) groups is 1. The van der Waals surface area contributed by atoms with E-state index in [2.05, 4.69) is 11.3 Å². The summed E-state index contributed by atoms with van der Waals surface area (Å²) in [4.78, 5) is 10.4. The van der Waals surface area contributed by atoms with Crippen LogP contribution in [0.1, 0.15) is 6.92 Å². The maximum absolute atomic E-state index is 10.4. The standard InChI is InChI=1S/C6H9NO2.Na.H/c1-3-4-9-6(8)5(2)7;;/h3,7H,1,4H2,2H3;;. The Bertz CT molecular complexity index is 145. The molecule has 0 amide bonds. The Morgan fingerprint density at radius 2 is 2.30 bits per heavy atom. The number of nitrogens with one attached hydrogen (secondary N) is 1. The van der Waals surface area contributed by atoms with Gasteiger partial charge in [-0.1, -0.05) is 12.7 Å². The molecule has 0 aromatic heterocycles. The summed E-state index contributed by atoms with van der Waals surface area (Å²) in [6.45, 7) is 4.90. The van der Waals surface area contributed by atoms with Gasteiger partial charge in [-0.15, -0.1) is 0 Å². The molecule has 0 aliphatic carbocycles. The van der Waals surface area contributed by atoms with Crippen LogP contribution in [-0.2, 0) is 9.53 Å². The van der Waals surface area contributed by atoms with E-state index in [0.29, 0.717) is 0 Å². The molecule has 0 saturated heterocycles. The third-order valence-electron chi connectivity index (χ3n) is 0.638. The first kappa shape index (κ1) is 12.5. The molecule has 0 atom stereocenters. The minimum absolute atomic E-state index is 0. The summed E-state index contributed by atoms with van der Waals surface area (Å²) in [5.41, 5.74) is -0.0862. The van der Waals surface area contributed by atoms with Crippen molar-refractivity contribution in [1.29, 1.82) is 5.41 Å². The van der Waals surface area contributed by atoms with Crippen LogP contribution in [0.2, 0.25) is 0 Å². The average molecular weight is 151 g/mol. The van der Waals surface area contributed by atoms with E-state index in [-0.39, 0.29) is 41.9 Å². The van der Waals surface area contributed by atoms with Gasteiger partial charge in [0.25, 0.3) is 0 Å². The third kappa shape index (κ3) is 6.01. The van der Waals surface area contributed by atoms with Crippen molar-refractivity contribution in [1.82, 2.24) is 0 Å². The van der Waals surface area contributed by atoms with E-state index in [1.807, 2.05) is 0 Å². The zero-order valence-electron chi connectivity index (χ0n) is 5.31. The van der Waals surface area contributed by atoms with Crippen LogP contribution in [0, 0.1) is 5.41 Å². The Morgan fingerprint density at radius 3 is 2.60 bits per heavy atom. The predicted octanol–water partition coefficient (Wildman–Crippen LogP) is 0.107. The number of carbonyl (C=O) groups excluding carboxylic acids is 1. The Morgan fingerprint density at radius 1 is 1.80 bits per heavy atom. The molecule has 0 rings (SSSR count). The molecular formula is C6H10NNaO2. The van der Waals surface area contributed by atoms with Crippen molar-refractivity contribution in [3.63, 3.8) is 0 Å². The molecule has 0 aliphatic heterocycles. The maximum atomic E-state index is 10.4. The minimum atomic E-state index is -0.588. The molecule has 0 aliphatic rings. The molecule has 52 valence electrons. The number of esters is 1. The topological polar surface area (TPSA) is 50.2 Å². The van der Waals surface area contributed by atoms with E-state index in [0.717, 1.165) is 0 Å². The number of hydrogen-bond acceptors (Lipinski definition) is 3. The number of rotatable bonds is 3. The van der Waals surface area contributed by atoms with Gasteiger partial charge in [-0.05, 0) is 6.92 Å². The molecule has 10 heavy (non-hydrogen) atoms. The predicted molar refractivity (Wildman–Crippen MR) is 41.7 cm³/mol. The first-order valence-electron chi connectivity index (χ1n) is 2.51. The van der Waals surface area contributed by atoms with Crippen molar-refractivity contribution >= 4 is 41.2 Å². The van der Waals surface area contributed by atoms with Gasteiger partial charge in [0.05, 0.1) is 0 Å². The summed E-state index contributed by atoms with van der Waals surface area (Å²) in [5, 5.41) is 6.77. The fourth-order valence-electron chi connectivity index (χ4n) is 0.243. The summed E-state index contributed by atoms with van der Waals surface area (Å²) < 4.78 is 4.47. The van der Waals surface area contributed by atoms with Gasteiger partial charge < -0.3 is 4.74 Å². The quantitative estimate of drug-likeness (QED) is 0.269. The van der Waals surface area contributed by atoms with Gasteiger partial charge in [-0.3, -0.25) is 5.41 Å². The van der Waals surface area contributed by atoms with Gasteiger partial charge >= 0.3 is 35.5 Å². The van der Waals surface area contributed by atoms with Gasteiger partial charge in [0.2, 0.25) is 0 Å². The molecule has 0 heterocycles. The molecule has 0 saturated carbocycles. The zero-order valence-corrected chi connectivity index (χ0v) is 5.31. The second-order valence-corrected chi connectivity index (χ2v) is 1.51. The van der Waals surface area contributed by atoms with Crippen LogP contribution in [0.15, 0.2) is 12.7 Å². The van der Waals surface area contributed by atoms with Gasteiger partial charge in [-0.25, -0.2) is 4.79 Å². The van der Waals surface area contributed by atoms with Crippen LogP contribution >= 0.6 is 0 Å². The molecule has 0 spiro atoms. The van der Waals surface area contributed by atoms with Crippen LogP contribution < -0.4 is 0 Å². The van der Waals surface area contributed by atoms with Crippen LogP contribution in [0.5, 0.6) is 0 Å². The second kappa shape index (κ2) is 6.99. The van der Waals surface area contributed by atoms with Crippen molar-refractivity contribution < 1.29 is 9.53 Å². The normalized spacial score (nSPS) is 7.30. The first-order chi connectivity index (χ1) is 4.18. The molecule has 0 radical (unpaired) electrons.